The van der Waals surface area contributed by atoms with Crippen LogP contribution in [0.5, 0.6) is 11.6 Å². The van der Waals surface area contributed by atoms with E-state index in [0.29, 0.717) is 50.8 Å². The Labute approximate surface area is 333 Å². The first-order valence-electron chi connectivity index (χ1n) is 18.1. The summed E-state index contributed by atoms with van der Waals surface area (Å²) < 4.78 is 54.2. The summed E-state index contributed by atoms with van der Waals surface area (Å²) in [6.45, 7) is 9.34. The van der Waals surface area contributed by atoms with Gasteiger partial charge in [0, 0.05) is 39.1 Å². The van der Waals surface area contributed by atoms with E-state index >= 15 is 0 Å². The van der Waals surface area contributed by atoms with Crippen LogP contribution in [0, 0.1) is 17.2 Å². The number of carbonyl (C=O) groups is 3. The first kappa shape index (κ1) is 39.4. The van der Waals surface area contributed by atoms with E-state index in [1.54, 1.807) is 41.8 Å². The minimum absolute atomic E-state index is 0.00964. The number of hydrogen-bond acceptors (Lipinski definition) is 11. The van der Waals surface area contributed by atoms with Crippen LogP contribution in [0.15, 0.2) is 66.7 Å². The number of fused-ring (bicyclic) bond motifs is 1. The van der Waals surface area contributed by atoms with Crippen molar-refractivity contribution in [1.29, 1.82) is 0 Å². The summed E-state index contributed by atoms with van der Waals surface area (Å²) in [5.74, 6) is -2.21. The molecule has 2 aromatic carbocycles. The van der Waals surface area contributed by atoms with Gasteiger partial charge in [-0.25, -0.2) is 22.8 Å². The highest BCUT2D eigenvalue weighted by atomic mass is 35.5. The Morgan fingerprint density at radius 2 is 1.91 bits per heavy atom. The van der Waals surface area contributed by atoms with Crippen LogP contribution >= 0.6 is 22.9 Å². The quantitative estimate of drug-likeness (QED) is 0.142. The SMILES string of the molecule is C=C[C@@H]1C[C@]1(NC(=O)[C@@H]1C[C@@H](Oc2ncc(OC)c3ccc(Cl)cc23)CN1C(=O)[C@@H](Nc1nc(-c2ccccc2F)cs1)C(C)(C)C)C(=O)NS(=O)(=O)C1CC1. The third kappa shape index (κ3) is 7.78. The summed E-state index contributed by atoms with van der Waals surface area (Å²) in [4.78, 5) is 53.2. The van der Waals surface area contributed by atoms with Crippen molar-refractivity contribution in [3.05, 3.63) is 77.5 Å². The van der Waals surface area contributed by atoms with Gasteiger partial charge in [0.15, 0.2) is 5.13 Å². The molecule has 3 heterocycles. The number of benzene rings is 2. The fourth-order valence-electron chi connectivity index (χ4n) is 7.04. The molecule has 5 atom stereocenters. The highest BCUT2D eigenvalue weighted by Crippen LogP contribution is 2.46. The van der Waals surface area contributed by atoms with Crippen LogP contribution in [0.4, 0.5) is 9.52 Å². The molecular weight excluding hydrogens is 783 g/mol. The van der Waals surface area contributed by atoms with Crippen molar-refractivity contribution in [2.24, 2.45) is 11.3 Å². The van der Waals surface area contributed by atoms with Gasteiger partial charge in [0.2, 0.25) is 27.7 Å². The number of nitrogens with one attached hydrogen (secondary N) is 3. The smallest absolute Gasteiger partial charge is 0.259 e. The second-order valence-electron chi connectivity index (χ2n) is 15.4. The number of anilines is 1. The number of nitrogens with zero attached hydrogens (tertiary/aromatic N) is 3. The molecule has 4 aromatic rings. The average Bonchev–Trinajstić information content (AvgIpc) is 4.04. The largest absolute Gasteiger partial charge is 0.494 e. The van der Waals surface area contributed by atoms with Crippen LogP contribution in [0.25, 0.3) is 22.0 Å². The molecule has 1 aliphatic heterocycles. The third-order valence-corrected chi connectivity index (χ3v) is 13.2. The molecule has 0 spiro atoms. The Bertz CT molecular complexity index is 2330. The van der Waals surface area contributed by atoms with Crippen LogP contribution < -0.4 is 24.8 Å². The van der Waals surface area contributed by atoms with E-state index < -0.39 is 73.9 Å². The second kappa shape index (κ2) is 14.9. The molecule has 3 fully saturated rings. The van der Waals surface area contributed by atoms with E-state index in [0.717, 1.165) is 0 Å². The van der Waals surface area contributed by atoms with Crippen LogP contribution in [0.2, 0.25) is 5.02 Å². The fraction of sp³-hybridized carbons (Fsp3) is 0.410. The number of thiazole rings is 1. The van der Waals surface area contributed by atoms with Gasteiger partial charge in [-0.15, -0.1) is 17.9 Å². The molecule has 2 aliphatic carbocycles. The van der Waals surface area contributed by atoms with E-state index in [4.69, 9.17) is 21.1 Å². The number of sulfonamides is 1. The summed E-state index contributed by atoms with van der Waals surface area (Å²) in [6, 6.07) is 9.36. The summed E-state index contributed by atoms with van der Waals surface area (Å²) in [7, 11) is -2.39. The number of carbonyl (C=O) groups excluding carboxylic acids is 3. The molecule has 1 saturated heterocycles. The lowest BCUT2D eigenvalue weighted by atomic mass is 9.85. The number of likely N-dealkylation sites (tertiary alicyclic amines) is 1. The second-order valence-corrected chi connectivity index (χ2v) is 18.7. The molecule has 0 radical (unpaired) electrons. The molecule has 3 N–H and O–H groups in total. The Kier molecular flexibility index (Phi) is 10.5. The normalized spacial score (nSPS) is 22.6. The number of rotatable bonds is 13. The Hall–Kier alpha value is -4.80. The Balaban J connectivity index is 1.19. The van der Waals surface area contributed by atoms with Gasteiger partial charge in [0.1, 0.15) is 35.3 Å². The van der Waals surface area contributed by atoms with Crippen LogP contribution in [-0.2, 0) is 24.4 Å². The van der Waals surface area contributed by atoms with Gasteiger partial charge in [-0.05, 0) is 55.0 Å². The predicted molar refractivity (Wildman–Crippen MR) is 211 cm³/mol. The van der Waals surface area contributed by atoms with E-state index in [9.17, 15) is 27.2 Å². The van der Waals surface area contributed by atoms with Gasteiger partial charge in [-0.3, -0.25) is 19.1 Å². The highest BCUT2D eigenvalue weighted by molar-refractivity contribution is 7.91. The number of halogens is 2. The molecule has 7 rings (SSSR count). The first-order chi connectivity index (χ1) is 26.5. The molecule has 13 nitrogen and oxygen atoms in total. The number of hydrogen-bond donors (Lipinski definition) is 3. The zero-order valence-electron chi connectivity index (χ0n) is 31.2. The lowest BCUT2D eigenvalue weighted by Crippen LogP contribution is -2.58. The summed E-state index contributed by atoms with van der Waals surface area (Å²) in [5, 5.41) is 9.16. The van der Waals surface area contributed by atoms with E-state index in [-0.39, 0.29) is 25.3 Å². The van der Waals surface area contributed by atoms with E-state index in [2.05, 4.69) is 31.9 Å². The first-order valence-corrected chi connectivity index (χ1v) is 20.9. The molecule has 2 saturated carbocycles. The summed E-state index contributed by atoms with van der Waals surface area (Å²) in [5.41, 5.74) is -1.58. The number of aromatic nitrogens is 2. The lowest BCUT2D eigenvalue weighted by Gasteiger charge is -2.35. The van der Waals surface area contributed by atoms with Gasteiger partial charge >= 0.3 is 0 Å². The number of amides is 3. The molecule has 0 unspecified atom stereocenters. The van der Waals surface area contributed by atoms with E-state index in [1.165, 1.54) is 41.7 Å². The van der Waals surface area contributed by atoms with Crippen molar-refractivity contribution in [2.45, 2.75) is 75.4 Å². The van der Waals surface area contributed by atoms with Gasteiger partial charge in [-0.1, -0.05) is 50.6 Å². The van der Waals surface area contributed by atoms with Crippen molar-refractivity contribution in [3.8, 4) is 22.9 Å². The van der Waals surface area contributed by atoms with Crippen molar-refractivity contribution >= 4 is 66.6 Å². The molecular formula is C39H42ClFN6O7S2. The van der Waals surface area contributed by atoms with Crippen LogP contribution in [0.1, 0.15) is 46.5 Å². The highest BCUT2D eigenvalue weighted by Gasteiger charge is 2.62. The molecule has 56 heavy (non-hydrogen) atoms. The van der Waals surface area contributed by atoms with Gasteiger partial charge in [0.25, 0.3) is 5.91 Å². The zero-order chi connectivity index (χ0) is 40.2. The monoisotopic (exact) mass is 824 g/mol. The molecule has 2 aromatic heterocycles. The van der Waals surface area contributed by atoms with Crippen LogP contribution in [-0.4, -0.2) is 83.6 Å². The maximum Gasteiger partial charge on any atom is 0.259 e. The Morgan fingerprint density at radius 1 is 1.16 bits per heavy atom. The number of pyridine rings is 1. The van der Waals surface area contributed by atoms with Gasteiger partial charge < -0.3 is 25.0 Å². The van der Waals surface area contributed by atoms with Gasteiger partial charge in [-0.2, -0.15) is 0 Å². The molecule has 0 bridgehead atoms. The molecule has 3 amide bonds. The summed E-state index contributed by atoms with van der Waals surface area (Å²) >= 11 is 7.57. The van der Waals surface area contributed by atoms with Crippen molar-refractivity contribution in [1.82, 2.24) is 24.9 Å². The minimum atomic E-state index is -3.91. The van der Waals surface area contributed by atoms with Crippen molar-refractivity contribution < 1.29 is 36.7 Å². The maximum absolute atomic E-state index is 14.8. The van der Waals surface area contributed by atoms with Crippen molar-refractivity contribution in [2.75, 3.05) is 19.0 Å². The zero-order valence-corrected chi connectivity index (χ0v) is 33.6. The molecule has 3 aliphatic rings. The van der Waals surface area contributed by atoms with Crippen LogP contribution in [0.3, 0.4) is 0 Å². The standard InChI is InChI=1S/C39H42ClFN6O7S2/c1-6-21-17-39(21,36(50)46-56(51,52)24-12-13-24)45-33(48)30-16-23(54-34-27-15-22(40)11-14-25(27)31(53-5)18-42-34)19-47(30)35(49)32(38(2,3)4)44-37-43-29(20-55-37)26-9-7-8-10-28(26)41/h6-11,14-15,18,20-21,23-24,30,32H,1,12-13,16-17,19H2,2-5H3,(H,43,44)(H,45,48)(H,46,50)/t21-,23-,30+,32-,39-/m1/s1. The summed E-state index contributed by atoms with van der Waals surface area (Å²) in [6.07, 6.45) is 3.31. The number of methoxy groups -OCH3 is 1. The fourth-order valence-corrected chi connectivity index (χ4v) is 9.32. The third-order valence-electron chi connectivity index (χ3n) is 10.4. The predicted octanol–water partition coefficient (Wildman–Crippen LogP) is 5.70. The van der Waals surface area contributed by atoms with Gasteiger partial charge in [0.05, 0.1) is 30.8 Å². The minimum Gasteiger partial charge on any atom is -0.494 e. The maximum atomic E-state index is 14.8. The molecule has 17 heteroatoms. The topological polar surface area (TPSA) is 169 Å². The van der Waals surface area contributed by atoms with Crippen molar-refractivity contribution in [3.63, 3.8) is 0 Å². The number of ether oxygens (including phenoxy) is 2. The Morgan fingerprint density at radius 3 is 2.57 bits per heavy atom. The molecule has 296 valence electrons. The average molecular weight is 825 g/mol. The lowest BCUT2D eigenvalue weighted by molar-refractivity contribution is -0.141. The van der Waals surface area contributed by atoms with E-state index in [1.807, 2.05) is 20.8 Å².